The lowest BCUT2D eigenvalue weighted by Gasteiger charge is -2.35. The average Bonchev–Trinajstić information content (AvgIpc) is 2.88. The second kappa shape index (κ2) is 10.2. The van der Waals surface area contributed by atoms with Gasteiger partial charge in [-0.1, -0.05) is 18.2 Å². The first-order valence-electron chi connectivity index (χ1n) is 10.8. The number of carbonyl (C=O) groups is 2. The van der Waals surface area contributed by atoms with Crippen LogP contribution in [0.5, 0.6) is 0 Å². The molecule has 0 bridgehead atoms. The summed E-state index contributed by atoms with van der Waals surface area (Å²) in [6.07, 6.45) is 6.07. The Bertz CT molecular complexity index is 1090. The molecule has 4 rings (SSSR count). The average molecular weight is 446 g/mol. The van der Waals surface area contributed by atoms with Crippen LogP contribution in [0, 0.1) is 0 Å². The van der Waals surface area contributed by atoms with Gasteiger partial charge in [0, 0.05) is 69.5 Å². The van der Waals surface area contributed by atoms with E-state index in [0.717, 1.165) is 55.0 Å². The van der Waals surface area contributed by atoms with Gasteiger partial charge in [0.2, 0.25) is 11.9 Å². The number of nitrogens with two attached hydrogens (primary N) is 1. The highest BCUT2D eigenvalue weighted by atomic mass is 16.2. The maximum absolute atomic E-state index is 11.7. The minimum atomic E-state index is -0.0954. The minimum absolute atomic E-state index is 0.00269. The highest BCUT2D eigenvalue weighted by molar-refractivity contribution is 5.77. The van der Waals surface area contributed by atoms with E-state index in [-0.39, 0.29) is 12.5 Å². The lowest BCUT2D eigenvalue weighted by atomic mass is 10.1. The van der Waals surface area contributed by atoms with Gasteiger partial charge in [-0.3, -0.25) is 9.59 Å². The van der Waals surface area contributed by atoms with Crippen molar-refractivity contribution in [2.24, 2.45) is 5.73 Å². The lowest BCUT2D eigenvalue weighted by molar-refractivity contribution is -0.128. The van der Waals surface area contributed by atoms with Crippen LogP contribution in [0.15, 0.2) is 55.0 Å². The van der Waals surface area contributed by atoms with Gasteiger partial charge in [0.1, 0.15) is 5.82 Å². The number of likely N-dealkylation sites (N-methyl/N-ethyl adjacent to an activating group) is 1. The summed E-state index contributed by atoms with van der Waals surface area (Å²) < 4.78 is 0. The van der Waals surface area contributed by atoms with E-state index >= 15 is 0 Å². The van der Waals surface area contributed by atoms with Crippen LogP contribution in [0.1, 0.15) is 15.9 Å². The number of rotatable bonds is 7. The fourth-order valence-corrected chi connectivity index (χ4v) is 3.79. The van der Waals surface area contributed by atoms with E-state index < -0.39 is 0 Å². The maximum atomic E-state index is 11.7. The van der Waals surface area contributed by atoms with Gasteiger partial charge < -0.3 is 20.4 Å². The van der Waals surface area contributed by atoms with Crippen LogP contribution >= 0.6 is 0 Å². The molecule has 2 aromatic heterocycles. The van der Waals surface area contributed by atoms with Crippen LogP contribution in [-0.4, -0.2) is 71.8 Å². The number of hydrogen-bond donors (Lipinski definition) is 1. The third kappa shape index (κ3) is 5.32. The molecule has 3 aromatic rings. The number of pyridine rings is 1. The van der Waals surface area contributed by atoms with Gasteiger partial charge in [0.15, 0.2) is 6.29 Å². The quantitative estimate of drug-likeness (QED) is 0.546. The molecule has 1 fully saturated rings. The number of carbonyl (C=O) groups excluding carboxylic acids is 2. The Balaban J connectivity index is 1.38. The smallest absolute Gasteiger partial charge is 0.236 e. The fourth-order valence-electron chi connectivity index (χ4n) is 3.79. The number of benzene rings is 1. The van der Waals surface area contributed by atoms with Crippen LogP contribution in [0.2, 0.25) is 0 Å². The van der Waals surface area contributed by atoms with Crippen molar-refractivity contribution in [1.29, 1.82) is 0 Å². The van der Waals surface area contributed by atoms with Crippen molar-refractivity contribution in [2.45, 2.75) is 6.54 Å². The first-order chi connectivity index (χ1) is 16.1. The lowest BCUT2D eigenvalue weighted by Crippen LogP contribution is -2.47. The number of amides is 1. The maximum Gasteiger partial charge on any atom is 0.236 e. The molecule has 0 atom stereocenters. The van der Waals surface area contributed by atoms with Crippen molar-refractivity contribution in [3.63, 3.8) is 0 Å². The van der Waals surface area contributed by atoms with Crippen molar-refractivity contribution < 1.29 is 9.59 Å². The Labute approximate surface area is 192 Å². The number of anilines is 2. The second-order valence-electron chi connectivity index (χ2n) is 7.97. The zero-order valence-electron chi connectivity index (χ0n) is 18.6. The predicted octanol–water partition coefficient (Wildman–Crippen LogP) is 1.59. The van der Waals surface area contributed by atoms with E-state index in [4.69, 9.17) is 5.73 Å². The number of aromatic nitrogens is 3. The molecule has 9 nitrogen and oxygen atoms in total. The van der Waals surface area contributed by atoms with E-state index in [0.29, 0.717) is 18.1 Å². The van der Waals surface area contributed by atoms with Crippen molar-refractivity contribution in [3.05, 3.63) is 66.1 Å². The second-order valence-corrected chi connectivity index (χ2v) is 7.97. The summed E-state index contributed by atoms with van der Waals surface area (Å²) in [6, 6.07) is 11.7. The Kier molecular flexibility index (Phi) is 6.89. The summed E-state index contributed by atoms with van der Waals surface area (Å²) in [5.41, 5.74) is 8.96. The first-order valence-corrected chi connectivity index (χ1v) is 10.8. The molecular formula is C24H27N7O2. The van der Waals surface area contributed by atoms with Gasteiger partial charge in [-0.25, -0.2) is 15.0 Å². The summed E-state index contributed by atoms with van der Waals surface area (Å²) in [5.74, 6) is 1.48. The van der Waals surface area contributed by atoms with Gasteiger partial charge in [-0.05, 0) is 29.3 Å². The molecule has 2 N–H and O–H groups in total. The molecule has 1 aliphatic rings. The van der Waals surface area contributed by atoms with E-state index in [1.807, 2.05) is 42.7 Å². The van der Waals surface area contributed by atoms with Crippen molar-refractivity contribution >= 4 is 24.0 Å². The van der Waals surface area contributed by atoms with Crippen LogP contribution in [-0.2, 0) is 11.3 Å². The first kappa shape index (κ1) is 22.3. The molecule has 0 spiro atoms. The summed E-state index contributed by atoms with van der Waals surface area (Å²) in [5, 5.41) is 0. The third-order valence-corrected chi connectivity index (χ3v) is 5.71. The predicted molar refractivity (Wildman–Crippen MR) is 127 cm³/mol. The Morgan fingerprint density at radius 1 is 1.00 bits per heavy atom. The highest BCUT2D eigenvalue weighted by Gasteiger charge is 2.20. The Morgan fingerprint density at radius 2 is 1.73 bits per heavy atom. The van der Waals surface area contributed by atoms with Gasteiger partial charge in [0.05, 0.1) is 6.54 Å². The molecule has 0 aliphatic carbocycles. The molecule has 1 amide bonds. The highest BCUT2D eigenvalue weighted by Crippen LogP contribution is 2.22. The van der Waals surface area contributed by atoms with Gasteiger partial charge in [-0.2, -0.15) is 0 Å². The summed E-state index contributed by atoms with van der Waals surface area (Å²) >= 11 is 0. The fraction of sp³-hybridized carbons (Fsp3) is 0.292. The van der Waals surface area contributed by atoms with E-state index in [9.17, 15) is 9.59 Å². The Hall–Kier alpha value is -3.85. The normalized spacial score (nSPS) is 13.6. The molecular weight excluding hydrogens is 418 g/mol. The molecule has 170 valence electrons. The number of nitrogens with zero attached hydrogens (tertiary/aromatic N) is 6. The van der Waals surface area contributed by atoms with E-state index in [1.54, 1.807) is 24.2 Å². The molecule has 1 saturated heterocycles. The zero-order chi connectivity index (χ0) is 23.2. The van der Waals surface area contributed by atoms with Crippen LogP contribution in [0.25, 0.3) is 11.1 Å². The summed E-state index contributed by atoms with van der Waals surface area (Å²) in [6.45, 7) is 3.68. The SMILES string of the molecule is CN(Cc1cccc(-c2cnc(N3CCN(c4ccc(C=O)cn4)CC3)nc2)c1)C(=O)CN. The molecule has 1 aromatic carbocycles. The third-order valence-electron chi connectivity index (χ3n) is 5.71. The van der Waals surface area contributed by atoms with Gasteiger partial charge in [0.25, 0.3) is 0 Å². The standard InChI is InChI=1S/C24H27N7O2/c1-29(23(33)12-25)16-18-3-2-4-20(11-18)21-14-27-24(28-15-21)31-9-7-30(8-10-31)22-6-5-19(17-32)13-26-22/h2-6,11,13-15,17H,7-10,12,16,25H2,1H3. The van der Waals surface area contributed by atoms with Gasteiger partial charge >= 0.3 is 0 Å². The van der Waals surface area contributed by atoms with Crippen LogP contribution < -0.4 is 15.5 Å². The topological polar surface area (TPSA) is 109 Å². The van der Waals surface area contributed by atoms with E-state index in [1.165, 1.54) is 0 Å². The van der Waals surface area contributed by atoms with E-state index in [2.05, 4.69) is 24.8 Å². The van der Waals surface area contributed by atoms with Crippen molar-refractivity contribution in [2.75, 3.05) is 49.6 Å². The molecule has 0 unspecified atom stereocenters. The largest absolute Gasteiger partial charge is 0.353 e. The number of hydrogen-bond acceptors (Lipinski definition) is 8. The van der Waals surface area contributed by atoms with Crippen molar-refractivity contribution in [1.82, 2.24) is 19.9 Å². The molecule has 0 radical (unpaired) electrons. The number of piperazine rings is 1. The monoisotopic (exact) mass is 445 g/mol. The van der Waals surface area contributed by atoms with Crippen LogP contribution in [0.4, 0.5) is 11.8 Å². The molecule has 33 heavy (non-hydrogen) atoms. The minimum Gasteiger partial charge on any atom is -0.353 e. The summed E-state index contributed by atoms with van der Waals surface area (Å²) in [7, 11) is 1.75. The molecule has 0 saturated carbocycles. The molecule has 3 heterocycles. The van der Waals surface area contributed by atoms with Crippen molar-refractivity contribution in [3.8, 4) is 11.1 Å². The molecule has 9 heteroatoms. The Morgan fingerprint density at radius 3 is 2.36 bits per heavy atom. The molecule has 1 aliphatic heterocycles. The summed E-state index contributed by atoms with van der Waals surface area (Å²) in [4.78, 5) is 42.1. The number of aldehydes is 1. The van der Waals surface area contributed by atoms with Crippen LogP contribution in [0.3, 0.4) is 0 Å². The van der Waals surface area contributed by atoms with Gasteiger partial charge in [-0.15, -0.1) is 0 Å². The zero-order valence-corrected chi connectivity index (χ0v) is 18.6.